The van der Waals surface area contributed by atoms with Gasteiger partial charge >= 0.3 is 0 Å². The Morgan fingerprint density at radius 2 is 2.31 bits per heavy atom. The van der Waals surface area contributed by atoms with Crippen LogP contribution in [-0.2, 0) is 0 Å². The Morgan fingerprint density at radius 1 is 1.56 bits per heavy atom. The van der Waals surface area contributed by atoms with Crippen LogP contribution < -0.4 is 5.32 Å². The van der Waals surface area contributed by atoms with E-state index in [4.69, 9.17) is 5.26 Å². The third-order valence-corrected chi connectivity index (χ3v) is 2.20. The predicted octanol–water partition coefficient (Wildman–Crippen LogP) is 2.68. The number of hydrogen-bond donors (Lipinski definition) is 1. The summed E-state index contributed by atoms with van der Waals surface area (Å²) < 4.78 is 0. The zero-order valence-electron chi connectivity index (χ0n) is 9.06. The van der Waals surface area contributed by atoms with Crippen molar-refractivity contribution in [2.45, 2.75) is 19.8 Å². The van der Waals surface area contributed by atoms with Crippen LogP contribution in [0.15, 0.2) is 18.2 Å². The van der Waals surface area contributed by atoms with Crippen molar-refractivity contribution in [3.63, 3.8) is 0 Å². The molecular formula is C11H13N3O2. The zero-order valence-corrected chi connectivity index (χ0v) is 9.06. The summed E-state index contributed by atoms with van der Waals surface area (Å²) in [5.41, 5.74) is 0.484. The van der Waals surface area contributed by atoms with Crippen LogP contribution in [0.5, 0.6) is 0 Å². The van der Waals surface area contributed by atoms with E-state index in [2.05, 4.69) is 12.2 Å². The van der Waals surface area contributed by atoms with Crippen molar-refractivity contribution in [1.82, 2.24) is 0 Å². The maximum absolute atomic E-state index is 10.7. The number of nitro benzene ring substituents is 1. The SMILES string of the molecule is CCCCNc1cccc([N+](=O)[O-])c1C#N. The number of anilines is 1. The van der Waals surface area contributed by atoms with Gasteiger partial charge in [0.1, 0.15) is 6.07 Å². The van der Waals surface area contributed by atoms with Crippen LogP contribution >= 0.6 is 0 Å². The summed E-state index contributed by atoms with van der Waals surface area (Å²) in [5, 5.41) is 22.6. The Hall–Kier alpha value is -2.09. The summed E-state index contributed by atoms with van der Waals surface area (Å²) in [5.74, 6) is 0. The molecule has 0 radical (unpaired) electrons. The molecule has 5 nitrogen and oxygen atoms in total. The van der Waals surface area contributed by atoms with Crippen LogP contribution in [0, 0.1) is 21.4 Å². The molecule has 0 aromatic heterocycles. The van der Waals surface area contributed by atoms with E-state index in [1.165, 1.54) is 6.07 Å². The van der Waals surface area contributed by atoms with E-state index in [1.54, 1.807) is 12.1 Å². The van der Waals surface area contributed by atoms with Crippen LogP contribution in [0.25, 0.3) is 0 Å². The van der Waals surface area contributed by atoms with Gasteiger partial charge in [0.25, 0.3) is 5.69 Å². The van der Waals surface area contributed by atoms with Crippen molar-refractivity contribution >= 4 is 11.4 Å². The normalized spacial score (nSPS) is 9.50. The van der Waals surface area contributed by atoms with E-state index in [0.717, 1.165) is 12.8 Å². The molecule has 84 valence electrons. The standard InChI is InChI=1S/C11H13N3O2/c1-2-3-7-13-10-5-4-6-11(14(15)16)9(10)8-12/h4-6,13H,2-3,7H2,1H3. The first-order valence-electron chi connectivity index (χ1n) is 5.12. The van der Waals surface area contributed by atoms with Crippen LogP contribution in [0.4, 0.5) is 11.4 Å². The predicted molar refractivity (Wildman–Crippen MR) is 61.2 cm³/mol. The summed E-state index contributed by atoms with van der Waals surface area (Å²) in [6.45, 7) is 2.77. The molecule has 1 N–H and O–H groups in total. The van der Waals surface area contributed by atoms with E-state index in [0.29, 0.717) is 12.2 Å². The number of rotatable bonds is 5. The molecule has 0 bridgehead atoms. The lowest BCUT2D eigenvalue weighted by atomic mass is 10.1. The first-order chi connectivity index (χ1) is 7.70. The topological polar surface area (TPSA) is 79.0 Å². The third-order valence-electron chi connectivity index (χ3n) is 2.20. The molecule has 0 saturated heterocycles. The molecule has 0 aliphatic carbocycles. The van der Waals surface area contributed by atoms with Crippen molar-refractivity contribution in [3.05, 3.63) is 33.9 Å². The Morgan fingerprint density at radius 3 is 2.88 bits per heavy atom. The molecule has 16 heavy (non-hydrogen) atoms. The highest BCUT2D eigenvalue weighted by atomic mass is 16.6. The van der Waals surface area contributed by atoms with Crippen molar-refractivity contribution in [1.29, 1.82) is 5.26 Å². The maximum Gasteiger partial charge on any atom is 0.289 e. The molecule has 1 aromatic carbocycles. The molecule has 0 amide bonds. The van der Waals surface area contributed by atoms with Gasteiger partial charge in [-0.15, -0.1) is 0 Å². The summed E-state index contributed by atoms with van der Waals surface area (Å²) in [7, 11) is 0. The van der Waals surface area contributed by atoms with Gasteiger partial charge in [-0.1, -0.05) is 19.4 Å². The largest absolute Gasteiger partial charge is 0.384 e. The molecule has 1 rings (SSSR count). The quantitative estimate of drug-likeness (QED) is 0.469. The van der Waals surface area contributed by atoms with Gasteiger partial charge in [-0.3, -0.25) is 10.1 Å². The number of hydrogen-bond acceptors (Lipinski definition) is 4. The lowest BCUT2D eigenvalue weighted by Gasteiger charge is -2.07. The highest BCUT2D eigenvalue weighted by Crippen LogP contribution is 2.25. The minimum absolute atomic E-state index is 0.101. The van der Waals surface area contributed by atoms with Crippen molar-refractivity contribution in [2.75, 3.05) is 11.9 Å². The van der Waals surface area contributed by atoms with Gasteiger partial charge < -0.3 is 5.32 Å². The number of nitrogens with zero attached hydrogens (tertiary/aromatic N) is 2. The average Bonchev–Trinajstić information content (AvgIpc) is 2.29. The van der Waals surface area contributed by atoms with E-state index >= 15 is 0 Å². The molecule has 0 saturated carbocycles. The second-order valence-electron chi connectivity index (χ2n) is 3.35. The fourth-order valence-electron chi connectivity index (χ4n) is 1.36. The second-order valence-corrected chi connectivity index (χ2v) is 3.35. The summed E-state index contributed by atoms with van der Waals surface area (Å²) >= 11 is 0. The van der Waals surface area contributed by atoms with E-state index in [1.807, 2.05) is 6.07 Å². The Balaban J connectivity index is 2.96. The van der Waals surface area contributed by atoms with Crippen LogP contribution in [0.3, 0.4) is 0 Å². The fraction of sp³-hybridized carbons (Fsp3) is 0.364. The van der Waals surface area contributed by atoms with Gasteiger partial charge in [-0.2, -0.15) is 5.26 Å². The first-order valence-corrected chi connectivity index (χ1v) is 5.12. The fourth-order valence-corrected chi connectivity index (χ4v) is 1.36. The summed E-state index contributed by atoms with van der Waals surface area (Å²) in [4.78, 5) is 10.2. The molecule has 0 fully saturated rings. The lowest BCUT2D eigenvalue weighted by molar-refractivity contribution is -0.385. The van der Waals surface area contributed by atoms with Gasteiger partial charge in [-0.25, -0.2) is 0 Å². The number of nitro groups is 1. The van der Waals surface area contributed by atoms with Crippen molar-refractivity contribution in [3.8, 4) is 6.07 Å². The van der Waals surface area contributed by atoms with Gasteiger partial charge in [0.2, 0.25) is 0 Å². The van der Waals surface area contributed by atoms with Crippen molar-refractivity contribution in [2.24, 2.45) is 0 Å². The number of nitrogens with one attached hydrogen (secondary N) is 1. The molecular weight excluding hydrogens is 206 g/mol. The zero-order chi connectivity index (χ0) is 12.0. The van der Waals surface area contributed by atoms with Crippen molar-refractivity contribution < 1.29 is 4.92 Å². The van der Waals surface area contributed by atoms with Gasteiger partial charge in [0, 0.05) is 12.6 Å². The van der Waals surface area contributed by atoms with Gasteiger partial charge in [-0.05, 0) is 12.5 Å². The average molecular weight is 219 g/mol. The van der Waals surface area contributed by atoms with E-state index in [-0.39, 0.29) is 11.3 Å². The molecule has 0 unspecified atom stereocenters. The van der Waals surface area contributed by atoms with Crippen LogP contribution in [-0.4, -0.2) is 11.5 Å². The number of nitriles is 1. The minimum Gasteiger partial charge on any atom is -0.384 e. The van der Waals surface area contributed by atoms with Gasteiger partial charge in [0.15, 0.2) is 5.56 Å². The number of unbranched alkanes of at least 4 members (excludes halogenated alkanes) is 1. The first kappa shape index (κ1) is 12.0. The van der Waals surface area contributed by atoms with E-state index < -0.39 is 4.92 Å². The maximum atomic E-state index is 10.7. The summed E-state index contributed by atoms with van der Waals surface area (Å²) in [6, 6.07) is 6.46. The Bertz CT molecular complexity index is 424. The van der Waals surface area contributed by atoms with Gasteiger partial charge in [0.05, 0.1) is 10.6 Å². The second kappa shape index (κ2) is 5.71. The van der Waals surface area contributed by atoms with Crippen LogP contribution in [0.2, 0.25) is 0 Å². The minimum atomic E-state index is -0.538. The molecule has 0 spiro atoms. The summed E-state index contributed by atoms with van der Waals surface area (Å²) in [6.07, 6.45) is 2.00. The smallest absolute Gasteiger partial charge is 0.289 e. The molecule has 1 aromatic rings. The monoisotopic (exact) mass is 219 g/mol. The molecule has 0 aliphatic heterocycles. The Kier molecular flexibility index (Phi) is 4.28. The van der Waals surface area contributed by atoms with E-state index in [9.17, 15) is 10.1 Å². The highest BCUT2D eigenvalue weighted by Gasteiger charge is 2.16. The molecule has 0 heterocycles. The highest BCUT2D eigenvalue weighted by molar-refractivity contribution is 5.66. The number of benzene rings is 1. The molecule has 5 heteroatoms. The third kappa shape index (κ3) is 2.70. The molecule has 0 atom stereocenters. The molecule has 0 aliphatic rings. The Labute approximate surface area is 93.9 Å². The lowest BCUT2D eigenvalue weighted by Crippen LogP contribution is -2.04. The van der Waals surface area contributed by atoms with Crippen LogP contribution in [0.1, 0.15) is 25.3 Å².